The van der Waals surface area contributed by atoms with Gasteiger partial charge in [-0.15, -0.1) is 0 Å². The smallest absolute Gasteiger partial charge is 0.402 e. The van der Waals surface area contributed by atoms with E-state index in [2.05, 4.69) is 5.32 Å². The fourth-order valence-corrected chi connectivity index (χ4v) is 5.25. The van der Waals surface area contributed by atoms with Crippen molar-refractivity contribution in [3.63, 3.8) is 0 Å². The van der Waals surface area contributed by atoms with E-state index < -0.39 is 48.2 Å². The molecule has 4 unspecified atom stereocenters. The molecule has 0 aromatic heterocycles. The summed E-state index contributed by atoms with van der Waals surface area (Å²) in [5.74, 6) is -7.02. The fourth-order valence-electron chi connectivity index (χ4n) is 5.25. The summed E-state index contributed by atoms with van der Waals surface area (Å²) in [6.45, 7) is 0.328. The van der Waals surface area contributed by atoms with Crippen molar-refractivity contribution in [2.24, 2.45) is 17.8 Å². The van der Waals surface area contributed by atoms with Crippen LogP contribution >= 0.6 is 0 Å². The molecular weight excluding hydrogens is 450 g/mol. The van der Waals surface area contributed by atoms with Crippen molar-refractivity contribution in [2.75, 3.05) is 13.1 Å². The Hall–Kier alpha value is -2.59. The molecule has 4 nitrogen and oxygen atoms in total. The molecule has 0 amide bonds. The molecule has 4 rings (SSSR count). The van der Waals surface area contributed by atoms with Crippen LogP contribution in [-0.2, 0) is 11.3 Å². The van der Waals surface area contributed by atoms with Crippen molar-refractivity contribution in [3.8, 4) is 11.1 Å². The van der Waals surface area contributed by atoms with Crippen LogP contribution in [0.4, 0.5) is 26.3 Å². The van der Waals surface area contributed by atoms with Gasteiger partial charge in [0.05, 0.1) is 0 Å². The number of aliphatic carboxylic acids is 1. The molecule has 2 fully saturated rings. The van der Waals surface area contributed by atoms with Crippen LogP contribution < -0.4 is 5.32 Å². The number of carbonyl (C=O) groups is 1. The number of carboxylic acids is 1. The van der Waals surface area contributed by atoms with E-state index in [1.54, 1.807) is 4.90 Å². The number of rotatable bonds is 5. The van der Waals surface area contributed by atoms with Crippen molar-refractivity contribution in [2.45, 2.75) is 31.0 Å². The van der Waals surface area contributed by atoms with Crippen LogP contribution in [-0.4, -0.2) is 53.5 Å². The Morgan fingerprint density at radius 3 is 2.12 bits per heavy atom. The van der Waals surface area contributed by atoms with Gasteiger partial charge in [0.1, 0.15) is 6.04 Å². The van der Waals surface area contributed by atoms with E-state index in [9.17, 15) is 36.2 Å². The molecule has 33 heavy (non-hydrogen) atoms. The molecular formula is C23H22F6N2O2. The number of carboxylic acid groups (broad SMARTS) is 1. The second kappa shape index (κ2) is 8.64. The van der Waals surface area contributed by atoms with E-state index in [4.69, 9.17) is 0 Å². The molecule has 0 saturated carbocycles. The first-order valence-corrected chi connectivity index (χ1v) is 10.4. The molecule has 0 aliphatic carbocycles. The minimum absolute atomic E-state index is 0.0576. The minimum Gasteiger partial charge on any atom is -0.480 e. The van der Waals surface area contributed by atoms with E-state index in [0.29, 0.717) is 6.54 Å². The van der Waals surface area contributed by atoms with Crippen LogP contribution in [0.25, 0.3) is 11.1 Å². The third kappa shape index (κ3) is 4.72. The third-order valence-electron chi connectivity index (χ3n) is 6.58. The summed E-state index contributed by atoms with van der Waals surface area (Å²) < 4.78 is 80.5. The second-order valence-electron chi connectivity index (χ2n) is 8.61. The van der Waals surface area contributed by atoms with Crippen LogP contribution in [0.3, 0.4) is 0 Å². The normalized spacial score (nSPS) is 26.0. The van der Waals surface area contributed by atoms with Gasteiger partial charge in [0.15, 0.2) is 5.92 Å². The van der Waals surface area contributed by atoms with Crippen molar-refractivity contribution >= 4 is 5.97 Å². The molecule has 0 spiro atoms. The zero-order chi connectivity index (χ0) is 24.0. The lowest BCUT2D eigenvalue weighted by molar-refractivity contribution is -0.293. The number of halogens is 6. The SMILES string of the molecule is O=C(O)C1NC(C(C(F)(F)F)C(F)(F)F)C2CN(Cc3ccccc3-c3ccccc3)CC12. The average Bonchev–Trinajstić information content (AvgIpc) is 3.26. The number of likely N-dealkylation sites (tertiary alicyclic amines) is 1. The number of nitrogens with zero attached hydrogens (tertiary/aromatic N) is 1. The molecule has 2 aliphatic rings. The lowest BCUT2D eigenvalue weighted by Gasteiger charge is -2.32. The highest BCUT2D eigenvalue weighted by atomic mass is 19.4. The summed E-state index contributed by atoms with van der Waals surface area (Å²) in [7, 11) is 0. The van der Waals surface area contributed by atoms with E-state index in [0.717, 1.165) is 16.7 Å². The first kappa shape index (κ1) is 23.6. The van der Waals surface area contributed by atoms with Gasteiger partial charge in [-0.05, 0) is 22.6 Å². The highest BCUT2D eigenvalue weighted by Gasteiger charge is 2.66. The molecule has 2 aromatic carbocycles. The largest absolute Gasteiger partial charge is 0.480 e. The average molecular weight is 472 g/mol. The molecule has 2 N–H and O–H groups in total. The van der Waals surface area contributed by atoms with Gasteiger partial charge in [-0.25, -0.2) is 0 Å². The number of fused-ring (bicyclic) bond motifs is 1. The van der Waals surface area contributed by atoms with E-state index in [1.807, 2.05) is 54.6 Å². The maximum absolute atomic E-state index is 13.4. The maximum Gasteiger partial charge on any atom is 0.402 e. The number of hydrogen-bond acceptors (Lipinski definition) is 3. The second-order valence-corrected chi connectivity index (χ2v) is 8.61. The summed E-state index contributed by atoms with van der Waals surface area (Å²) in [5.41, 5.74) is 2.70. The summed E-state index contributed by atoms with van der Waals surface area (Å²) in [5, 5.41) is 11.7. The Balaban J connectivity index is 1.61. The third-order valence-corrected chi connectivity index (χ3v) is 6.58. The van der Waals surface area contributed by atoms with Crippen LogP contribution in [0, 0.1) is 17.8 Å². The summed E-state index contributed by atoms with van der Waals surface area (Å²) in [6.07, 6.45) is -11.1. The van der Waals surface area contributed by atoms with Gasteiger partial charge in [0.2, 0.25) is 0 Å². The van der Waals surface area contributed by atoms with Gasteiger partial charge < -0.3 is 10.4 Å². The molecule has 2 saturated heterocycles. The van der Waals surface area contributed by atoms with Crippen molar-refractivity contribution in [1.82, 2.24) is 10.2 Å². The molecule has 2 aliphatic heterocycles. The number of hydrogen-bond donors (Lipinski definition) is 2. The van der Waals surface area contributed by atoms with Gasteiger partial charge in [0, 0.05) is 31.6 Å². The molecule has 2 aromatic rings. The van der Waals surface area contributed by atoms with E-state index in [1.165, 1.54) is 0 Å². The predicted octanol–water partition coefficient (Wildman–Crippen LogP) is 4.57. The molecule has 10 heteroatoms. The van der Waals surface area contributed by atoms with Crippen LogP contribution in [0.5, 0.6) is 0 Å². The van der Waals surface area contributed by atoms with Crippen LogP contribution in [0.1, 0.15) is 5.56 Å². The lowest BCUT2D eigenvalue weighted by atomic mass is 9.84. The highest BCUT2D eigenvalue weighted by Crippen LogP contribution is 2.48. The first-order chi connectivity index (χ1) is 15.5. The quantitative estimate of drug-likeness (QED) is 0.627. The summed E-state index contributed by atoms with van der Waals surface area (Å²) in [4.78, 5) is 13.4. The summed E-state index contributed by atoms with van der Waals surface area (Å²) >= 11 is 0. The Kier molecular flexibility index (Phi) is 6.17. The maximum atomic E-state index is 13.4. The predicted molar refractivity (Wildman–Crippen MR) is 108 cm³/mol. The van der Waals surface area contributed by atoms with Gasteiger partial charge in [0.25, 0.3) is 0 Å². The Morgan fingerprint density at radius 2 is 1.52 bits per heavy atom. The fraction of sp³-hybridized carbons (Fsp3) is 0.435. The van der Waals surface area contributed by atoms with Crippen molar-refractivity contribution < 1.29 is 36.2 Å². The van der Waals surface area contributed by atoms with Crippen LogP contribution in [0.15, 0.2) is 54.6 Å². The summed E-state index contributed by atoms with van der Waals surface area (Å²) in [6, 6.07) is 13.3. The number of benzene rings is 2. The van der Waals surface area contributed by atoms with Crippen molar-refractivity contribution in [1.29, 1.82) is 0 Å². The topological polar surface area (TPSA) is 52.6 Å². The highest BCUT2D eigenvalue weighted by molar-refractivity contribution is 5.75. The molecule has 178 valence electrons. The van der Waals surface area contributed by atoms with Gasteiger partial charge in [-0.2, -0.15) is 26.3 Å². The lowest BCUT2D eigenvalue weighted by Crippen LogP contribution is -2.53. The zero-order valence-electron chi connectivity index (χ0n) is 17.3. The molecule has 4 atom stereocenters. The van der Waals surface area contributed by atoms with E-state index in [-0.39, 0.29) is 13.1 Å². The van der Waals surface area contributed by atoms with E-state index >= 15 is 0 Å². The monoisotopic (exact) mass is 472 g/mol. The molecule has 0 bridgehead atoms. The number of alkyl halides is 6. The number of nitrogens with one attached hydrogen (secondary N) is 1. The molecule has 2 heterocycles. The Morgan fingerprint density at radius 1 is 0.939 bits per heavy atom. The minimum atomic E-state index is -5.54. The molecule has 0 radical (unpaired) electrons. The Labute approximate surface area is 186 Å². The zero-order valence-corrected chi connectivity index (χ0v) is 17.3. The standard InChI is InChI=1S/C23H22F6N2O2/c24-22(25,26)20(23(27,28)29)18-16-11-31(12-17(16)19(30-18)21(32)33)10-14-8-4-5-9-15(14)13-6-2-1-3-7-13/h1-9,16-20,30H,10-12H2,(H,32,33). The first-order valence-electron chi connectivity index (χ1n) is 10.4. The van der Waals surface area contributed by atoms with Gasteiger partial charge >= 0.3 is 18.3 Å². The van der Waals surface area contributed by atoms with Crippen LogP contribution in [0.2, 0.25) is 0 Å². The van der Waals surface area contributed by atoms with Crippen molar-refractivity contribution in [3.05, 3.63) is 60.2 Å². The van der Waals surface area contributed by atoms with Gasteiger partial charge in [-0.3, -0.25) is 9.69 Å². The van der Waals surface area contributed by atoms with Gasteiger partial charge in [-0.1, -0.05) is 54.6 Å². The Bertz CT molecular complexity index is 980.